The first-order valence-corrected chi connectivity index (χ1v) is 12.8. The van der Waals surface area contributed by atoms with Crippen LogP contribution in [-0.2, 0) is 0 Å². The van der Waals surface area contributed by atoms with E-state index in [9.17, 15) is 5.11 Å². The lowest BCUT2D eigenvalue weighted by Crippen LogP contribution is -2.53. The van der Waals surface area contributed by atoms with Crippen LogP contribution in [0.3, 0.4) is 0 Å². The number of allylic oxidation sites excluding steroid dienone is 5. The molecule has 0 radical (unpaired) electrons. The van der Waals surface area contributed by atoms with Gasteiger partial charge in [0, 0.05) is 4.75 Å². The van der Waals surface area contributed by atoms with Gasteiger partial charge in [0.05, 0.1) is 6.10 Å². The van der Waals surface area contributed by atoms with Crippen molar-refractivity contribution in [1.82, 2.24) is 0 Å². The van der Waals surface area contributed by atoms with Crippen molar-refractivity contribution in [3.05, 3.63) is 35.5 Å². The molecule has 0 aliphatic heterocycles. The molecule has 8 atom stereocenters. The van der Waals surface area contributed by atoms with Crippen molar-refractivity contribution in [2.24, 2.45) is 35.0 Å². The molecule has 5 aliphatic rings. The summed E-state index contributed by atoms with van der Waals surface area (Å²) in [6, 6.07) is 0. The lowest BCUT2D eigenvalue weighted by atomic mass is 9.50. The number of hydrogen-bond acceptors (Lipinski definition) is 2. The van der Waals surface area contributed by atoms with E-state index >= 15 is 0 Å². The smallest absolute Gasteiger partial charge is 0.0578 e. The van der Waals surface area contributed by atoms with Crippen LogP contribution in [0.2, 0.25) is 0 Å². The first-order valence-electron chi connectivity index (χ1n) is 12.4. The average molecular weight is 413 g/mol. The molecular formula is C27H40OS. The Morgan fingerprint density at radius 2 is 2.00 bits per heavy atom. The zero-order valence-electron chi connectivity index (χ0n) is 18.4. The molecule has 1 nitrogen and oxygen atoms in total. The molecule has 0 aromatic carbocycles. The summed E-state index contributed by atoms with van der Waals surface area (Å²) in [5, 5.41) is 10.2. The molecule has 0 heterocycles. The number of fused-ring (bicyclic) bond motifs is 5. The van der Waals surface area contributed by atoms with Gasteiger partial charge in [-0.15, -0.1) is 0 Å². The predicted molar refractivity (Wildman–Crippen MR) is 125 cm³/mol. The monoisotopic (exact) mass is 412 g/mol. The summed E-state index contributed by atoms with van der Waals surface area (Å²) in [7, 11) is 0. The molecular weight excluding hydrogens is 372 g/mol. The van der Waals surface area contributed by atoms with E-state index in [1.165, 1.54) is 50.5 Å². The molecule has 0 amide bonds. The fourth-order valence-corrected chi connectivity index (χ4v) is 9.15. The van der Waals surface area contributed by atoms with E-state index in [4.69, 9.17) is 12.6 Å². The lowest BCUT2D eigenvalue weighted by Gasteiger charge is -2.57. The number of aliphatic hydroxyl groups is 1. The minimum atomic E-state index is -0.131. The van der Waals surface area contributed by atoms with Gasteiger partial charge in [0.15, 0.2) is 0 Å². The molecule has 1 N–H and O–H groups in total. The molecule has 0 bridgehead atoms. The third-order valence-electron chi connectivity index (χ3n) is 10.1. The molecule has 160 valence electrons. The highest BCUT2D eigenvalue weighted by molar-refractivity contribution is 7.82. The van der Waals surface area contributed by atoms with E-state index in [-0.39, 0.29) is 10.9 Å². The second-order valence-corrected chi connectivity index (χ2v) is 12.1. The van der Waals surface area contributed by atoms with Gasteiger partial charge in [-0.3, -0.25) is 0 Å². The van der Waals surface area contributed by atoms with E-state index in [0.717, 1.165) is 55.3 Å². The molecule has 8 unspecified atom stereocenters. The number of rotatable bonds is 4. The minimum Gasteiger partial charge on any atom is -0.393 e. The highest BCUT2D eigenvalue weighted by Gasteiger charge is 2.59. The van der Waals surface area contributed by atoms with Gasteiger partial charge >= 0.3 is 0 Å². The molecule has 29 heavy (non-hydrogen) atoms. The van der Waals surface area contributed by atoms with Crippen LogP contribution in [0.1, 0.15) is 84.5 Å². The first-order chi connectivity index (χ1) is 13.9. The number of aliphatic hydroxyl groups excluding tert-OH is 1. The summed E-state index contributed by atoms with van der Waals surface area (Å²) in [6.07, 6.45) is 23.0. The molecule has 0 spiro atoms. The van der Waals surface area contributed by atoms with Crippen molar-refractivity contribution in [3.63, 3.8) is 0 Å². The summed E-state index contributed by atoms with van der Waals surface area (Å²) < 4.78 is 0.0778. The van der Waals surface area contributed by atoms with E-state index in [0.29, 0.717) is 5.41 Å². The highest BCUT2D eigenvalue weighted by Crippen LogP contribution is 2.66. The Bertz CT molecular complexity index is 735. The van der Waals surface area contributed by atoms with E-state index < -0.39 is 0 Å². The summed E-state index contributed by atoms with van der Waals surface area (Å²) in [4.78, 5) is 0. The quantitative estimate of drug-likeness (QED) is 0.380. The van der Waals surface area contributed by atoms with Gasteiger partial charge in [-0.05, 0) is 106 Å². The van der Waals surface area contributed by atoms with Crippen molar-refractivity contribution in [1.29, 1.82) is 0 Å². The Morgan fingerprint density at radius 1 is 1.14 bits per heavy atom. The summed E-state index contributed by atoms with van der Waals surface area (Å²) in [5.74, 6) is 4.17. The Labute approximate surface area is 183 Å². The molecule has 5 aliphatic carbocycles. The SMILES string of the molecule is CC(CCC1=CCC=C1)C1CCC2C3CC=C4CC(O)CCC4(S)C3CCC12C. The van der Waals surface area contributed by atoms with Gasteiger partial charge < -0.3 is 5.11 Å². The van der Waals surface area contributed by atoms with Crippen molar-refractivity contribution in [2.45, 2.75) is 95.3 Å². The highest BCUT2D eigenvalue weighted by atomic mass is 32.1. The van der Waals surface area contributed by atoms with Crippen LogP contribution >= 0.6 is 12.6 Å². The zero-order chi connectivity index (χ0) is 20.2. The largest absolute Gasteiger partial charge is 0.393 e. The average Bonchev–Trinajstić information content (AvgIpc) is 3.34. The molecule has 5 rings (SSSR count). The van der Waals surface area contributed by atoms with Crippen molar-refractivity contribution < 1.29 is 5.11 Å². The Balaban J connectivity index is 1.32. The van der Waals surface area contributed by atoms with Gasteiger partial charge in [0.1, 0.15) is 0 Å². The van der Waals surface area contributed by atoms with Crippen LogP contribution in [0.4, 0.5) is 0 Å². The maximum atomic E-state index is 10.2. The van der Waals surface area contributed by atoms with Gasteiger partial charge in [-0.1, -0.05) is 49.3 Å². The fourth-order valence-electron chi connectivity index (χ4n) is 8.51. The molecule has 0 aromatic heterocycles. The van der Waals surface area contributed by atoms with Gasteiger partial charge in [0.2, 0.25) is 0 Å². The molecule has 2 heteroatoms. The Kier molecular flexibility index (Phi) is 5.35. The van der Waals surface area contributed by atoms with Gasteiger partial charge in [-0.2, -0.15) is 12.6 Å². The molecule has 0 aromatic rings. The Hall–Kier alpha value is -0.470. The van der Waals surface area contributed by atoms with Gasteiger partial charge in [-0.25, -0.2) is 0 Å². The third kappa shape index (κ3) is 3.32. The summed E-state index contributed by atoms with van der Waals surface area (Å²) in [6.45, 7) is 5.21. The number of hydrogen-bond donors (Lipinski definition) is 2. The minimum absolute atomic E-state index is 0.0778. The van der Waals surface area contributed by atoms with Crippen LogP contribution in [0.5, 0.6) is 0 Å². The van der Waals surface area contributed by atoms with Crippen LogP contribution < -0.4 is 0 Å². The maximum Gasteiger partial charge on any atom is 0.0578 e. The zero-order valence-corrected chi connectivity index (χ0v) is 19.3. The molecule has 0 saturated heterocycles. The Morgan fingerprint density at radius 3 is 2.79 bits per heavy atom. The topological polar surface area (TPSA) is 20.2 Å². The predicted octanol–water partition coefficient (Wildman–Crippen LogP) is 6.89. The van der Waals surface area contributed by atoms with Crippen LogP contribution in [0.15, 0.2) is 35.5 Å². The van der Waals surface area contributed by atoms with Crippen LogP contribution in [-0.4, -0.2) is 16.0 Å². The maximum absolute atomic E-state index is 10.2. The standard InChI is InChI=1S/C27H40OS/c1-18(7-8-19-5-3-4-6-19)23-11-12-24-22-10-9-20-17-21(28)13-16-27(20,29)25(22)14-15-26(23,24)2/h3,5-6,9,18,21-25,28-29H,4,7-8,10-17H2,1-2H3. The molecule has 3 fully saturated rings. The first kappa shape index (κ1) is 20.4. The fraction of sp³-hybridized carbons (Fsp3) is 0.778. The van der Waals surface area contributed by atoms with E-state index in [1.54, 1.807) is 5.57 Å². The van der Waals surface area contributed by atoms with Crippen molar-refractivity contribution >= 4 is 12.6 Å². The van der Waals surface area contributed by atoms with Crippen molar-refractivity contribution in [3.8, 4) is 0 Å². The second kappa shape index (κ2) is 7.59. The second-order valence-electron chi connectivity index (χ2n) is 11.3. The van der Waals surface area contributed by atoms with Crippen molar-refractivity contribution in [2.75, 3.05) is 0 Å². The van der Waals surface area contributed by atoms with E-state index in [2.05, 4.69) is 38.2 Å². The van der Waals surface area contributed by atoms with Crippen LogP contribution in [0.25, 0.3) is 0 Å². The molecule has 3 saturated carbocycles. The summed E-state index contributed by atoms with van der Waals surface area (Å²) in [5.41, 5.74) is 3.58. The van der Waals surface area contributed by atoms with Gasteiger partial charge in [0.25, 0.3) is 0 Å². The normalized spacial score (nSPS) is 47.1. The lowest BCUT2D eigenvalue weighted by molar-refractivity contribution is -0.0217. The van der Waals surface area contributed by atoms with Crippen LogP contribution in [0, 0.1) is 35.0 Å². The number of thiol groups is 1. The van der Waals surface area contributed by atoms with E-state index in [1.807, 2.05) is 0 Å². The third-order valence-corrected chi connectivity index (χ3v) is 10.9. The summed E-state index contributed by atoms with van der Waals surface area (Å²) >= 11 is 5.35.